The van der Waals surface area contributed by atoms with Gasteiger partial charge in [0.25, 0.3) is 0 Å². The molecule has 92 valence electrons. The van der Waals surface area contributed by atoms with Gasteiger partial charge in [0, 0.05) is 13.1 Å². The third kappa shape index (κ3) is 4.87. The van der Waals surface area contributed by atoms with Crippen LogP contribution in [0.1, 0.15) is 0 Å². The molecule has 0 bridgehead atoms. The molecule has 0 N–H and O–H groups in total. The Balaban J connectivity index is 2.34. The first-order chi connectivity index (χ1) is 7.90. The van der Waals surface area contributed by atoms with Crippen LogP contribution in [0.3, 0.4) is 0 Å². The van der Waals surface area contributed by atoms with Crippen LogP contribution in [0, 0.1) is 11.5 Å². The Morgan fingerprint density at radius 2 is 1.88 bits per heavy atom. The summed E-state index contributed by atoms with van der Waals surface area (Å²) in [5.41, 5.74) is 3.06. The van der Waals surface area contributed by atoms with E-state index >= 15 is 0 Å². The second-order valence-electron chi connectivity index (χ2n) is 4.81. The Morgan fingerprint density at radius 1 is 1.29 bits per heavy atom. The molecule has 17 heavy (non-hydrogen) atoms. The molecular formula is C12H17NO3Si. The van der Waals surface area contributed by atoms with Crippen molar-refractivity contribution in [1.29, 1.82) is 0 Å². The lowest BCUT2D eigenvalue weighted by molar-refractivity contribution is -0.158. The van der Waals surface area contributed by atoms with Crippen LogP contribution in [0.4, 0.5) is 0 Å². The quantitative estimate of drug-likeness (QED) is 0.228. The molecule has 0 atom stereocenters. The third-order valence-corrected chi connectivity index (χ3v) is 2.95. The molecule has 0 radical (unpaired) electrons. The van der Waals surface area contributed by atoms with Gasteiger partial charge in [-0.3, -0.25) is 4.79 Å². The van der Waals surface area contributed by atoms with Gasteiger partial charge in [0.2, 0.25) is 0 Å². The lowest BCUT2D eigenvalue weighted by Crippen LogP contribution is -2.35. The first-order valence-electron chi connectivity index (χ1n) is 5.51. The molecule has 0 aromatic heterocycles. The molecule has 0 fully saturated rings. The van der Waals surface area contributed by atoms with Crippen molar-refractivity contribution in [2.45, 2.75) is 19.6 Å². The molecule has 5 heteroatoms. The highest BCUT2D eigenvalue weighted by Gasteiger charge is 2.23. The highest BCUT2D eigenvalue weighted by Crippen LogP contribution is 2.00. The fraction of sp³-hybridized carbons (Fsp3) is 0.500. The van der Waals surface area contributed by atoms with E-state index in [0.717, 1.165) is 0 Å². The van der Waals surface area contributed by atoms with Gasteiger partial charge in [0.05, 0.1) is 0 Å². The minimum absolute atomic E-state index is 0.00386. The van der Waals surface area contributed by atoms with E-state index in [1.54, 1.807) is 0 Å². The van der Waals surface area contributed by atoms with Crippen molar-refractivity contribution in [2.24, 2.45) is 0 Å². The van der Waals surface area contributed by atoms with Crippen LogP contribution in [-0.2, 0) is 14.3 Å². The maximum atomic E-state index is 11.5. The van der Waals surface area contributed by atoms with Gasteiger partial charge in [-0.05, 0) is 0 Å². The van der Waals surface area contributed by atoms with Crippen LogP contribution in [-0.4, -0.2) is 44.5 Å². The molecule has 0 unspecified atom stereocenters. The van der Waals surface area contributed by atoms with Crippen molar-refractivity contribution in [1.82, 2.24) is 4.90 Å². The zero-order valence-electron chi connectivity index (χ0n) is 10.4. The van der Waals surface area contributed by atoms with Gasteiger partial charge in [0.1, 0.15) is 8.07 Å². The number of ether oxygens (including phenoxy) is 1. The summed E-state index contributed by atoms with van der Waals surface area (Å²) in [6, 6.07) is 0. The van der Waals surface area contributed by atoms with E-state index in [1.807, 2.05) is 12.2 Å². The summed E-state index contributed by atoms with van der Waals surface area (Å²) < 4.78 is 4.80. The Bertz CT molecular complexity index is 390. The topological polar surface area (TPSA) is 46.6 Å². The molecule has 4 nitrogen and oxygen atoms in total. The molecule has 1 amide bonds. The maximum absolute atomic E-state index is 11.5. The Labute approximate surface area is 103 Å². The zero-order valence-corrected chi connectivity index (χ0v) is 11.4. The summed E-state index contributed by atoms with van der Waals surface area (Å²) >= 11 is 0. The first-order valence-corrected chi connectivity index (χ1v) is 9.01. The Morgan fingerprint density at radius 3 is 2.41 bits per heavy atom. The van der Waals surface area contributed by atoms with E-state index in [2.05, 4.69) is 31.1 Å². The van der Waals surface area contributed by atoms with Crippen LogP contribution < -0.4 is 0 Å². The third-order valence-electron chi connectivity index (χ3n) is 2.02. The number of amides is 1. The van der Waals surface area contributed by atoms with Gasteiger partial charge in [0.15, 0.2) is 6.61 Å². The minimum Gasteiger partial charge on any atom is -0.445 e. The predicted molar refractivity (Wildman–Crippen MR) is 67.8 cm³/mol. The highest BCUT2D eigenvalue weighted by atomic mass is 28.3. The number of carbonyl (C=O) groups excluding carboxylic acids is 2. The van der Waals surface area contributed by atoms with E-state index in [4.69, 9.17) is 4.74 Å². The minimum atomic E-state index is -1.44. The average molecular weight is 251 g/mol. The molecule has 0 saturated carbocycles. The molecule has 0 spiro atoms. The second-order valence-corrected chi connectivity index (χ2v) is 9.56. The van der Waals surface area contributed by atoms with Gasteiger partial charge in [-0.1, -0.05) is 37.7 Å². The highest BCUT2D eigenvalue weighted by molar-refractivity contribution is 6.83. The number of rotatable bonds is 1. The van der Waals surface area contributed by atoms with Gasteiger partial charge in [-0.15, -0.1) is 5.54 Å². The van der Waals surface area contributed by atoms with Crippen molar-refractivity contribution in [2.75, 3.05) is 19.7 Å². The molecule has 1 heterocycles. The largest absolute Gasteiger partial charge is 0.445 e. The molecule has 1 rings (SSSR count). The fourth-order valence-corrected chi connectivity index (χ4v) is 1.84. The fourth-order valence-electron chi connectivity index (χ4n) is 1.24. The van der Waals surface area contributed by atoms with E-state index in [9.17, 15) is 9.59 Å². The average Bonchev–Trinajstić information content (AvgIpc) is 2.74. The van der Waals surface area contributed by atoms with Gasteiger partial charge in [-0.2, -0.15) is 0 Å². The molecular weight excluding hydrogens is 234 g/mol. The normalized spacial score (nSPS) is 14.2. The van der Waals surface area contributed by atoms with Crippen molar-refractivity contribution >= 4 is 20.0 Å². The van der Waals surface area contributed by atoms with E-state index in [-0.39, 0.29) is 6.61 Å². The first kappa shape index (κ1) is 13.5. The summed E-state index contributed by atoms with van der Waals surface area (Å²) in [7, 11) is -1.44. The summed E-state index contributed by atoms with van der Waals surface area (Å²) in [5, 5.41) is 0. The lowest BCUT2D eigenvalue weighted by atomic mass is 10.5. The molecule has 1 aliphatic heterocycles. The Kier molecular flexibility index (Phi) is 4.52. The van der Waals surface area contributed by atoms with Gasteiger partial charge < -0.3 is 9.64 Å². The van der Waals surface area contributed by atoms with Crippen molar-refractivity contribution in [3.63, 3.8) is 0 Å². The van der Waals surface area contributed by atoms with Gasteiger partial charge in [-0.25, -0.2) is 4.79 Å². The molecule has 0 aromatic carbocycles. The van der Waals surface area contributed by atoms with E-state index in [0.29, 0.717) is 13.1 Å². The molecule has 0 aromatic rings. The monoisotopic (exact) mass is 251 g/mol. The maximum Gasteiger partial charge on any atom is 0.398 e. The summed E-state index contributed by atoms with van der Waals surface area (Å²) in [4.78, 5) is 24.3. The summed E-state index contributed by atoms with van der Waals surface area (Å²) in [6.07, 6.45) is 3.69. The van der Waals surface area contributed by atoms with Crippen molar-refractivity contribution < 1.29 is 14.3 Å². The molecule has 1 aliphatic rings. The van der Waals surface area contributed by atoms with Crippen LogP contribution in [0.25, 0.3) is 0 Å². The smallest absolute Gasteiger partial charge is 0.398 e. The van der Waals surface area contributed by atoms with E-state index < -0.39 is 20.0 Å². The SMILES string of the molecule is C[Si](C)(C)C#CCOC(=O)C(=O)N1CC=CC1. The van der Waals surface area contributed by atoms with Crippen LogP contribution in [0.5, 0.6) is 0 Å². The number of esters is 1. The number of hydrogen-bond donors (Lipinski definition) is 0. The predicted octanol–water partition coefficient (Wildman–Crippen LogP) is 0.809. The van der Waals surface area contributed by atoms with E-state index in [1.165, 1.54) is 4.90 Å². The van der Waals surface area contributed by atoms with Crippen molar-refractivity contribution in [3.05, 3.63) is 12.2 Å². The van der Waals surface area contributed by atoms with Crippen LogP contribution in [0.15, 0.2) is 12.2 Å². The van der Waals surface area contributed by atoms with Crippen molar-refractivity contribution in [3.8, 4) is 11.5 Å². The summed E-state index contributed by atoms with van der Waals surface area (Å²) in [6.45, 7) is 7.26. The standard InChI is InChI=1S/C12H17NO3Si/c1-17(2,3)10-6-9-16-12(15)11(14)13-7-4-5-8-13/h4-5H,7-9H2,1-3H3. The number of carbonyl (C=O) groups is 2. The number of hydrogen-bond acceptors (Lipinski definition) is 3. The molecule has 0 saturated heterocycles. The van der Waals surface area contributed by atoms with Gasteiger partial charge >= 0.3 is 11.9 Å². The van der Waals surface area contributed by atoms with Crippen LogP contribution in [0.2, 0.25) is 19.6 Å². The Hall–Kier alpha value is -1.54. The summed E-state index contributed by atoms with van der Waals surface area (Å²) in [5.74, 6) is 1.37. The van der Waals surface area contributed by atoms with Crippen LogP contribution >= 0.6 is 0 Å². The lowest BCUT2D eigenvalue weighted by Gasteiger charge is -2.13. The molecule has 0 aliphatic carbocycles. The number of nitrogens with zero attached hydrogens (tertiary/aromatic N) is 1. The zero-order chi connectivity index (χ0) is 12.9. The second kappa shape index (κ2) is 5.69.